The number of hydrogen-bond donors (Lipinski definition) is 0. The lowest BCUT2D eigenvalue weighted by Gasteiger charge is -2.21. The van der Waals surface area contributed by atoms with Crippen molar-refractivity contribution >= 4 is 17.4 Å². The van der Waals surface area contributed by atoms with Crippen molar-refractivity contribution in [3.05, 3.63) is 28.5 Å². The van der Waals surface area contributed by atoms with E-state index in [1.165, 1.54) is 18.4 Å². The van der Waals surface area contributed by atoms with E-state index in [9.17, 15) is 0 Å². The normalized spacial score (nSPS) is 22.3. The minimum absolute atomic E-state index is 0.0193. The summed E-state index contributed by atoms with van der Waals surface area (Å²) in [6.07, 6.45) is 7.57. The Balaban J connectivity index is 1.65. The monoisotopic (exact) mass is 224 g/mol. The zero-order chi connectivity index (χ0) is 10.3. The number of hydrogen-bond acceptors (Lipinski definition) is 3. The molecule has 0 aromatic carbocycles. The van der Waals surface area contributed by atoms with Crippen LogP contribution in [0.3, 0.4) is 0 Å². The van der Waals surface area contributed by atoms with Crippen LogP contribution in [-0.2, 0) is 9.47 Å². The van der Waals surface area contributed by atoms with Gasteiger partial charge in [0.25, 0.3) is 0 Å². The molecule has 1 aliphatic rings. The van der Waals surface area contributed by atoms with Gasteiger partial charge in [-0.25, -0.2) is 0 Å². The molecule has 1 aliphatic heterocycles. The summed E-state index contributed by atoms with van der Waals surface area (Å²) < 4.78 is 11.0. The predicted octanol–water partition coefficient (Wildman–Crippen LogP) is 3.30. The molecular weight excluding hydrogens is 208 g/mol. The van der Waals surface area contributed by atoms with Gasteiger partial charge in [-0.15, -0.1) is 0 Å². The summed E-state index contributed by atoms with van der Waals surface area (Å²) in [6, 6.07) is 2.10. The highest BCUT2D eigenvalue weighted by Crippen LogP contribution is 2.13. The molecule has 1 fully saturated rings. The minimum atomic E-state index is 0.0193. The largest absolute Gasteiger partial charge is 0.353 e. The van der Waals surface area contributed by atoms with Crippen LogP contribution in [0.15, 0.2) is 22.9 Å². The summed E-state index contributed by atoms with van der Waals surface area (Å²) in [4.78, 5) is 0. The van der Waals surface area contributed by atoms with E-state index in [1.54, 1.807) is 11.3 Å². The lowest BCUT2D eigenvalue weighted by Crippen LogP contribution is -2.22. The summed E-state index contributed by atoms with van der Waals surface area (Å²) in [5.74, 6) is 0. The van der Waals surface area contributed by atoms with E-state index in [4.69, 9.17) is 9.47 Å². The molecule has 1 unspecified atom stereocenters. The second kappa shape index (κ2) is 6.05. The van der Waals surface area contributed by atoms with Gasteiger partial charge in [-0.05, 0) is 41.7 Å². The van der Waals surface area contributed by atoms with Crippen molar-refractivity contribution in [2.45, 2.75) is 25.6 Å². The molecule has 1 saturated heterocycles. The molecule has 2 heterocycles. The standard InChI is InChI=1S/C12H16O2S/c1-2-7-13-12(5-1)14-8-3-4-11-6-9-15-10-11/h3-4,6,9-10,12H,1-2,5,7-8H2/b4-3+. The molecule has 2 nitrogen and oxygen atoms in total. The second-order valence-electron chi connectivity index (χ2n) is 3.59. The summed E-state index contributed by atoms with van der Waals surface area (Å²) in [6.45, 7) is 1.49. The molecule has 3 heteroatoms. The fourth-order valence-electron chi connectivity index (χ4n) is 1.56. The Morgan fingerprint density at radius 1 is 1.53 bits per heavy atom. The van der Waals surface area contributed by atoms with Crippen LogP contribution in [0.5, 0.6) is 0 Å². The first-order chi connectivity index (χ1) is 7.45. The molecule has 0 amide bonds. The van der Waals surface area contributed by atoms with Gasteiger partial charge in [0.1, 0.15) is 0 Å². The van der Waals surface area contributed by atoms with Gasteiger partial charge in [0.15, 0.2) is 6.29 Å². The molecule has 0 spiro atoms. The summed E-state index contributed by atoms with van der Waals surface area (Å²) >= 11 is 1.71. The lowest BCUT2D eigenvalue weighted by molar-refractivity contribution is -0.155. The fraction of sp³-hybridized carbons (Fsp3) is 0.500. The van der Waals surface area contributed by atoms with Gasteiger partial charge in [-0.1, -0.05) is 12.2 Å². The highest BCUT2D eigenvalue weighted by molar-refractivity contribution is 7.08. The van der Waals surface area contributed by atoms with Crippen LogP contribution in [0, 0.1) is 0 Å². The lowest BCUT2D eigenvalue weighted by atomic mass is 10.2. The van der Waals surface area contributed by atoms with Crippen LogP contribution in [-0.4, -0.2) is 19.5 Å². The maximum Gasteiger partial charge on any atom is 0.157 e. The first-order valence-corrected chi connectivity index (χ1v) is 6.31. The van der Waals surface area contributed by atoms with Crippen molar-refractivity contribution < 1.29 is 9.47 Å². The Morgan fingerprint density at radius 2 is 2.53 bits per heavy atom. The van der Waals surface area contributed by atoms with Crippen molar-refractivity contribution in [1.82, 2.24) is 0 Å². The second-order valence-corrected chi connectivity index (χ2v) is 4.37. The van der Waals surface area contributed by atoms with E-state index in [1.807, 2.05) is 6.08 Å². The van der Waals surface area contributed by atoms with Crippen molar-refractivity contribution in [3.8, 4) is 0 Å². The van der Waals surface area contributed by atoms with Crippen molar-refractivity contribution in [2.75, 3.05) is 13.2 Å². The Bertz CT molecular complexity index is 287. The summed E-state index contributed by atoms with van der Waals surface area (Å²) in [7, 11) is 0. The predicted molar refractivity (Wildman–Crippen MR) is 62.9 cm³/mol. The van der Waals surface area contributed by atoms with Crippen LogP contribution in [0.1, 0.15) is 24.8 Å². The number of thiophene rings is 1. The van der Waals surface area contributed by atoms with Crippen LogP contribution in [0.2, 0.25) is 0 Å². The van der Waals surface area contributed by atoms with Gasteiger partial charge in [-0.3, -0.25) is 0 Å². The van der Waals surface area contributed by atoms with Crippen molar-refractivity contribution in [1.29, 1.82) is 0 Å². The zero-order valence-electron chi connectivity index (χ0n) is 8.72. The quantitative estimate of drug-likeness (QED) is 0.781. The summed E-state index contributed by atoms with van der Waals surface area (Å²) in [5, 5.41) is 4.19. The molecule has 0 bridgehead atoms. The average Bonchev–Trinajstić information content (AvgIpc) is 2.79. The van der Waals surface area contributed by atoms with Gasteiger partial charge in [0.2, 0.25) is 0 Å². The van der Waals surface area contributed by atoms with Gasteiger partial charge >= 0.3 is 0 Å². The van der Waals surface area contributed by atoms with E-state index in [-0.39, 0.29) is 6.29 Å². The molecule has 1 aromatic heterocycles. The van der Waals surface area contributed by atoms with Gasteiger partial charge < -0.3 is 9.47 Å². The smallest absolute Gasteiger partial charge is 0.157 e. The van der Waals surface area contributed by atoms with Gasteiger partial charge in [0.05, 0.1) is 6.61 Å². The zero-order valence-corrected chi connectivity index (χ0v) is 9.54. The number of rotatable bonds is 4. The first kappa shape index (κ1) is 10.9. The van der Waals surface area contributed by atoms with Gasteiger partial charge in [-0.2, -0.15) is 11.3 Å². The maximum atomic E-state index is 5.58. The number of ether oxygens (including phenoxy) is 2. The minimum Gasteiger partial charge on any atom is -0.353 e. The van der Waals surface area contributed by atoms with E-state index in [0.717, 1.165) is 13.0 Å². The molecule has 82 valence electrons. The molecule has 0 radical (unpaired) electrons. The Labute approximate surface area is 94.5 Å². The molecule has 1 atom stereocenters. The Kier molecular flexibility index (Phi) is 4.39. The molecule has 2 rings (SSSR count). The van der Waals surface area contributed by atoms with Crippen molar-refractivity contribution in [2.24, 2.45) is 0 Å². The van der Waals surface area contributed by atoms with Crippen LogP contribution >= 0.6 is 11.3 Å². The molecular formula is C12H16O2S. The Morgan fingerprint density at radius 3 is 3.27 bits per heavy atom. The molecule has 0 aliphatic carbocycles. The molecule has 0 N–H and O–H groups in total. The van der Waals surface area contributed by atoms with E-state index >= 15 is 0 Å². The third-order valence-electron chi connectivity index (χ3n) is 2.37. The maximum absolute atomic E-state index is 5.58. The van der Waals surface area contributed by atoms with Crippen LogP contribution in [0.25, 0.3) is 6.08 Å². The average molecular weight is 224 g/mol. The van der Waals surface area contributed by atoms with E-state index in [0.29, 0.717) is 6.61 Å². The van der Waals surface area contributed by atoms with E-state index in [2.05, 4.69) is 22.9 Å². The first-order valence-electron chi connectivity index (χ1n) is 5.37. The van der Waals surface area contributed by atoms with Gasteiger partial charge in [0, 0.05) is 6.61 Å². The SMILES string of the molecule is C(=C\c1ccsc1)/COC1CCCCO1. The van der Waals surface area contributed by atoms with Crippen molar-refractivity contribution in [3.63, 3.8) is 0 Å². The Hall–Kier alpha value is -0.640. The van der Waals surface area contributed by atoms with Crippen LogP contribution < -0.4 is 0 Å². The fourth-order valence-corrected chi connectivity index (χ4v) is 2.19. The van der Waals surface area contributed by atoms with E-state index < -0.39 is 0 Å². The third-order valence-corrected chi connectivity index (χ3v) is 3.07. The molecule has 1 aromatic rings. The topological polar surface area (TPSA) is 18.5 Å². The molecule has 15 heavy (non-hydrogen) atoms. The highest BCUT2D eigenvalue weighted by Gasteiger charge is 2.12. The highest BCUT2D eigenvalue weighted by atomic mass is 32.1. The molecule has 0 saturated carbocycles. The third kappa shape index (κ3) is 3.78. The summed E-state index contributed by atoms with van der Waals surface area (Å²) in [5.41, 5.74) is 1.24. The van der Waals surface area contributed by atoms with Crippen LogP contribution in [0.4, 0.5) is 0 Å².